The average molecular weight is 636 g/mol. The Morgan fingerprint density at radius 3 is 2.47 bits per heavy atom. The lowest BCUT2D eigenvalue weighted by molar-refractivity contribution is 0.216. The minimum absolute atomic E-state index is 0.528. The van der Waals surface area contributed by atoms with E-state index in [1.807, 2.05) is 12.1 Å². The summed E-state index contributed by atoms with van der Waals surface area (Å²) in [6.45, 7) is 10.7. The number of rotatable bonds is 4. The molecule has 3 aliphatic heterocycles. The number of nitriles is 1. The molecule has 9 heteroatoms. The van der Waals surface area contributed by atoms with Gasteiger partial charge in [0.25, 0.3) is 0 Å². The SMILES string of the molecule is CC(CN(C)C)CN1c2ccccc2Sc2ccc(C#N)cc21.Cc1cc2c(s1)Nc1ccccc1N=C2N1CCN(C)CC1. The Balaban J connectivity index is 0.000000159. The van der Waals surface area contributed by atoms with Crippen LogP contribution >= 0.6 is 23.1 Å². The first-order valence-corrected chi connectivity index (χ1v) is 17.1. The van der Waals surface area contributed by atoms with Crippen molar-refractivity contribution in [1.29, 1.82) is 5.26 Å². The van der Waals surface area contributed by atoms with Crippen LogP contribution in [0.1, 0.15) is 22.9 Å². The fourth-order valence-corrected chi connectivity index (χ4v) is 8.09. The predicted octanol–water partition coefficient (Wildman–Crippen LogP) is 7.80. The summed E-state index contributed by atoms with van der Waals surface area (Å²) in [5.41, 5.74) is 6.47. The highest BCUT2D eigenvalue weighted by atomic mass is 32.2. The first-order valence-electron chi connectivity index (χ1n) is 15.5. The highest BCUT2D eigenvalue weighted by molar-refractivity contribution is 7.99. The molecule has 7 nitrogen and oxygen atoms in total. The number of fused-ring (bicyclic) bond motifs is 4. The second-order valence-corrected chi connectivity index (χ2v) is 14.6. The van der Waals surface area contributed by atoms with Crippen LogP contribution in [0.2, 0.25) is 0 Å². The number of hydrogen-bond donors (Lipinski definition) is 1. The van der Waals surface area contributed by atoms with E-state index in [9.17, 15) is 5.26 Å². The normalized spacial score (nSPS) is 16.1. The largest absolute Gasteiger partial charge is 0.353 e. The van der Waals surface area contributed by atoms with Gasteiger partial charge in [-0.3, -0.25) is 0 Å². The number of nitrogens with one attached hydrogen (secondary N) is 1. The van der Waals surface area contributed by atoms with Gasteiger partial charge in [-0.1, -0.05) is 43.0 Å². The second kappa shape index (κ2) is 13.7. The van der Waals surface area contributed by atoms with E-state index in [0.717, 1.165) is 62.2 Å². The van der Waals surface area contributed by atoms with Gasteiger partial charge in [-0.05, 0) is 82.5 Å². The third-order valence-electron chi connectivity index (χ3n) is 8.20. The van der Waals surface area contributed by atoms with Gasteiger partial charge in [0.1, 0.15) is 10.8 Å². The van der Waals surface area contributed by atoms with E-state index in [1.54, 1.807) is 23.1 Å². The van der Waals surface area contributed by atoms with Crippen LogP contribution in [0, 0.1) is 24.2 Å². The summed E-state index contributed by atoms with van der Waals surface area (Å²) in [5, 5.41) is 14.0. The summed E-state index contributed by atoms with van der Waals surface area (Å²) in [6.07, 6.45) is 0. The predicted molar refractivity (Wildman–Crippen MR) is 190 cm³/mol. The molecule has 0 aliphatic carbocycles. The summed E-state index contributed by atoms with van der Waals surface area (Å²) in [5.74, 6) is 1.64. The van der Waals surface area contributed by atoms with Crippen LogP contribution in [0.15, 0.2) is 87.6 Å². The van der Waals surface area contributed by atoms with Gasteiger partial charge in [-0.2, -0.15) is 5.26 Å². The van der Waals surface area contributed by atoms with Crippen LogP contribution in [0.5, 0.6) is 0 Å². The molecular weight excluding hydrogens is 595 g/mol. The van der Waals surface area contributed by atoms with Crippen molar-refractivity contribution in [3.05, 3.63) is 88.8 Å². The van der Waals surface area contributed by atoms with Gasteiger partial charge in [0.15, 0.2) is 0 Å². The van der Waals surface area contributed by atoms with Gasteiger partial charge < -0.3 is 24.9 Å². The standard InChI is InChI=1S/C19H21N3S.C17H20N4S/c1-14(12-21(2)3)13-22-16-6-4-5-7-18(16)23-19-9-8-15(11-20)10-17(19)22;1-12-11-13-16(21-9-7-20(2)8-10-21)18-14-5-3-4-6-15(14)19-17(13)22-12/h4-10,14H,12-13H2,1-3H3;3-6,11,19H,7-10H2,1-2H3. The summed E-state index contributed by atoms with van der Waals surface area (Å²) in [7, 11) is 6.40. The lowest BCUT2D eigenvalue weighted by Crippen LogP contribution is -2.47. The molecule has 4 aromatic rings. The average Bonchev–Trinajstić information content (AvgIpc) is 3.32. The van der Waals surface area contributed by atoms with E-state index in [2.05, 4.69) is 127 Å². The van der Waals surface area contributed by atoms with E-state index < -0.39 is 0 Å². The molecule has 3 aliphatic rings. The molecule has 1 saturated heterocycles. The monoisotopic (exact) mass is 635 g/mol. The third kappa shape index (κ3) is 7.05. The van der Waals surface area contributed by atoms with E-state index >= 15 is 0 Å². The Kier molecular flexibility index (Phi) is 9.47. The third-order valence-corrected chi connectivity index (χ3v) is 10.3. The number of anilines is 4. The highest BCUT2D eigenvalue weighted by Gasteiger charge is 2.26. The maximum Gasteiger partial charge on any atom is 0.139 e. The molecule has 0 amide bonds. The van der Waals surface area contributed by atoms with Crippen LogP contribution in [0.3, 0.4) is 0 Å². The first kappa shape index (κ1) is 31.2. The number of aliphatic imine (C=N–C) groups is 1. The van der Waals surface area contributed by atoms with Crippen LogP contribution < -0.4 is 10.2 Å². The van der Waals surface area contributed by atoms with Crippen molar-refractivity contribution in [2.75, 3.05) is 70.6 Å². The molecule has 0 bridgehead atoms. The van der Waals surface area contributed by atoms with Crippen molar-refractivity contribution in [2.24, 2.45) is 10.9 Å². The molecule has 0 spiro atoms. The molecule has 1 fully saturated rings. The van der Waals surface area contributed by atoms with Gasteiger partial charge >= 0.3 is 0 Å². The first-order chi connectivity index (χ1) is 21.8. The van der Waals surface area contributed by atoms with Crippen molar-refractivity contribution in [3.63, 3.8) is 0 Å². The Bertz CT molecular complexity index is 1730. The molecule has 232 valence electrons. The molecule has 45 heavy (non-hydrogen) atoms. The maximum atomic E-state index is 9.24. The van der Waals surface area contributed by atoms with Gasteiger partial charge in [0, 0.05) is 53.9 Å². The number of aryl methyl sites for hydroxylation is 1. The minimum atomic E-state index is 0.528. The second-order valence-electron chi connectivity index (χ2n) is 12.3. The smallest absolute Gasteiger partial charge is 0.139 e. The van der Waals surface area contributed by atoms with Gasteiger partial charge in [0.05, 0.1) is 39.9 Å². The zero-order chi connectivity index (χ0) is 31.5. The van der Waals surface area contributed by atoms with Gasteiger partial charge in [-0.25, -0.2) is 4.99 Å². The summed E-state index contributed by atoms with van der Waals surface area (Å²) in [6, 6.07) is 27.3. The molecule has 1 unspecified atom stereocenters. The quantitative estimate of drug-likeness (QED) is 0.246. The number of para-hydroxylation sites is 3. The van der Waals surface area contributed by atoms with Crippen LogP contribution in [-0.2, 0) is 0 Å². The van der Waals surface area contributed by atoms with Crippen LogP contribution in [-0.4, -0.2) is 80.9 Å². The molecule has 1 aromatic heterocycles. The Morgan fingerprint density at radius 2 is 1.69 bits per heavy atom. The number of nitrogens with zero attached hydrogens (tertiary/aromatic N) is 6. The summed E-state index contributed by atoms with van der Waals surface area (Å²) < 4.78 is 0. The molecular formula is C36H41N7S2. The number of piperazine rings is 1. The number of thiophene rings is 1. The van der Waals surface area contributed by atoms with E-state index in [-0.39, 0.29) is 0 Å². The van der Waals surface area contributed by atoms with Crippen molar-refractivity contribution in [2.45, 2.75) is 23.6 Å². The lowest BCUT2D eigenvalue weighted by atomic mass is 10.1. The lowest BCUT2D eigenvalue weighted by Gasteiger charge is -2.35. The van der Waals surface area contributed by atoms with Gasteiger partial charge in [-0.15, -0.1) is 11.3 Å². The Morgan fingerprint density at radius 1 is 0.956 bits per heavy atom. The minimum Gasteiger partial charge on any atom is -0.353 e. The molecule has 0 radical (unpaired) electrons. The summed E-state index contributed by atoms with van der Waals surface area (Å²) >= 11 is 3.59. The van der Waals surface area contributed by atoms with E-state index in [4.69, 9.17) is 4.99 Å². The molecule has 1 N–H and O–H groups in total. The van der Waals surface area contributed by atoms with E-state index in [1.165, 1.54) is 30.9 Å². The Hall–Kier alpha value is -3.81. The fraction of sp³-hybridized carbons (Fsp3) is 0.333. The van der Waals surface area contributed by atoms with Crippen molar-refractivity contribution < 1.29 is 0 Å². The molecule has 1 atom stereocenters. The van der Waals surface area contributed by atoms with Gasteiger partial charge in [0.2, 0.25) is 0 Å². The zero-order valence-electron chi connectivity index (χ0n) is 26.7. The highest BCUT2D eigenvalue weighted by Crippen LogP contribution is 2.48. The number of hydrogen-bond acceptors (Lipinski definition) is 9. The van der Waals surface area contributed by atoms with Crippen LogP contribution in [0.4, 0.5) is 27.8 Å². The van der Waals surface area contributed by atoms with Crippen LogP contribution in [0.25, 0.3) is 0 Å². The fourth-order valence-electron chi connectivity index (χ4n) is 6.09. The molecule has 4 heterocycles. The molecule has 0 saturated carbocycles. The van der Waals surface area contributed by atoms with Crippen molar-refractivity contribution in [3.8, 4) is 6.07 Å². The number of amidine groups is 1. The summed E-state index contributed by atoms with van der Waals surface area (Å²) in [4.78, 5) is 18.2. The maximum absolute atomic E-state index is 9.24. The topological polar surface area (TPSA) is 61.1 Å². The Labute approximate surface area is 275 Å². The van der Waals surface area contributed by atoms with Crippen molar-refractivity contribution >= 4 is 56.7 Å². The molecule has 3 aromatic carbocycles. The molecule has 7 rings (SSSR count). The number of likely N-dealkylation sites (N-methyl/N-ethyl adjacent to an activating group) is 1. The zero-order valence-corrected chi connectivity index (χ0v) is 28.4. The van der Waals surface area contributed by atoms with Crippen molar-refractivity contribution in [1.82, 2.24) is 14.7 Å². The number of benzene rings is 3. The van der Waals surface area contributed by atoms with E-state index in [0.29, 0.717) is 11.5 Å².